The van der Waals surface area contributed by atoms with E-state index in [1.807, 2.05) is 6.92 Å². The second-order valence-corrected chi connectivity index (χ2v) is 4.95. The fourth-order valence-electron chi connectivity index (χ4n) is 2.46. The van der Waals surface area contributed by atoms with Crippen LogP contribution in [0.15, 0.2) is 0 Å². The van der Waals surface area contributed by atoms with Crippen LogP contribution >= 0.6 is 0 Å². The van der Waals surface area contributed by atoms with Crippen molar-refractivity contribution in [3.63, 3.8) is 0 Å². The molecule has 1 heterocycles. The Kier molecular flexibility index (Phi) is 3.50. The number of nitrogens with zero attached hydrogens (tertiary/aromatic N) is 3. The molecule has 1 amide bonds. The molecule has 1 aromatic heterocycles. The molecule has 0 saturated heterocycles. The molecule has 0 fully saturated rings. The molecule has 0 atom stereocenters. The molecule has 17 heavy (non-hydrogen) atoms. The lowest BCUT2D eigenvalue weighted by molar-refractivity contribution is -0.128. The number of hydrogen-bond acceptors (Lipinski definition) is 2. The number of carbonyl (C=O) groups is 1. The number of aromatic nitrogens is 2. The number of imidazole rings is 1. The average Bonchev–Trinajstić information content (AvgIpc) is 2.61. The zero-order valence-corrected chi connectivity index (χ0v) is 11.0. The Morgan fingerprint density at radius 2 is 2.06 bits per heavy atom. The summed E-state index contributed by atoms with van der Waals surface area (Å²) < 4.78 is 2.23. The van der Waals surface area contributed by atoms with Gasteiger partial charge in [0.25, 0.3) is 0 Å². The third-order valence-corrected chi connectivity index (χ3v) is 3.47. The van der Waals surface area contributed by atoms with Crippen molar-refractivity contribution in [2.75, 3.05) is 14.1 Å². The smallest absolute Gasteiger partial charge is 0.223 e. The van der Waals surface area contributed by atoms with Gasteiger partial charge in [0.05, 0.1) is 5.69 Å². The Morgan fingerprint density at radius 3 is 2.76 bits per heavy atom. The van der Waals surface area contributed by atoms with Crippen LogP contribution in [0.1, 0.15) is 36.5 Å². The number of rotatable bonds is 3. The summed E-state index contributed by atoms with van der Waals surface area (Å²) in [5.41, 5.74) is 2.62. The van der Waals surface area contributed by atoms with Crippen molar-refractivity contribution in [1.29, 1.82) is 0 Å². The van der Waals surface area contributed by atoms with Crippen LogP contribution in [0, 0.1) is 6.92 Å². The number of hydrogen-bond donors (Lipinski definition) is 0. The van der Waals surface area contributed by atoms with E-state index in [0.717, 1.165) is 25.2 Å². The van der Waals surface area contributed by atoms with Gasteiger partial charge in [-0.3, -0.25) is 4.79 Å². The molecule has 1 aliphatic carbocycles. The maximum atomic E-state index is 11.6. The van der Waals surface area contributed by atoms with Gasteiger partial charge in [-0.05, 0) is 32.6 Å². The highest BCUT2D eigenvalue weighted by atomic mass is 16.2. The molecule has 4 nitrogen and oxygen atoms in total. The quantitative estimate of drug-likeness (QED) is 0.797. The fraction of sp³-hybridized carbons (Fsp3) is 0.692. The van der Waals surface area contributed by atoms with Gasteiger partial charge in [0.1, 0.15) is 5.82 Å². The summed E-state index contributed by atoms with van der Waals surface area (Å²) in [6.45, 7) is 2.81. The minimum absolute atomic E-state index is 0.183. The van der Waals surface area contributed by atoms with Crippen molar-refractivity contribution in [2.24, 2.45) is 0 Å². The third kappa shape index (κ3) is 2.51. The average molecular weight is 235 g/mol. The minimum Gasteiger partial charge on any atom is -0.349 e. The van der Waals surface area contributed by atoms with Gasteiger partial charge >= 0.3 is 0 Å². The number of carbonyl (C=O) groups excluding carboxylic acids is 1. The van der Waals surface area contributed by atoms with Crippen LogP contribution in [-0.4, -0.2) is 34.5 Å². The molecular weight excluding hydrogens is 214 g/mol. The highest BCUT2D eigenvalue weighted by molar-refractivity contribution is 5.75. The highest BCUT2D eigenvalue weighted by Gasteiger charge is 2.18. The summed E-state index contributed by atoms with van der Waals surface area (Å²) in [7, 11) is 3.61. The Balaban J connectivity index is 2.10. The molecule has 2 rings (SSSR count). The normalized spacial score (nSPS) is 14.5. The summed E-state index contributed by atoms with van der Waals surface area (Å²) in [4.78, 5) is 17.9. The summed E-state index contributed by atoms with van der Waals surface area (Å²) in [5, 5.41) is 0. The topological polar surface area (TPSA) is 38.1 Å². The second-order valence-electron chi connectivity index (χ2n) is 4.95. The van der Waals surface area contributed by atoms with Gasteiger partial charge in [0, 0.05) is 32.8 Å². The first kappa shape index (κ1) is 12.1. The van der Waals surface area contributed by atoms with Gasteiger partial charge in [-0.1, -0.05) is 0 Å². The van der Waals surface area contributed by atoms with E-state index < -0.39 is 0 Å². The van der Waals surface area contributed by atoms with Gasteiger partial charge in [-0.15, -0.1) is 0 Å². The van der Waals surface area contributed by atoms with Gasteiger partial charge in [0.15, 0.2) is 0 Å². The van der Waals surface area contributed by atoms with Crippen LogP contribution in [-0.2, 0) is 24.2 Å². The monoisotopic (exact) mass is 235 g/mol. The van der Waals surface area contributed by atoms with Crippen molar-refractivity contribution in [3.8, 4) is 0 Å². The van der Waals surface area contributed by atoms with Crippen molar-refractivity contribution in [2.45, 2.75) is 45.6 Å². The number of fused-ring (bicyclic) bond motifs is 1. The SMILES string of the molecule is Cc1nc2c(n1CCC(=O)N(C)C)CCCC2. The maximum absolute atomic E-state index is 11.6. The van der Waals surface area contributed by atoms with Crippen molar-refractivity contribution >= 4 is 5.91 Å². The number of aryl methyl sites for hydroxylation is 2. The van der Waals surface area contributed by atoms with Crippen molar-refractivity contribution in [3.05, 3.63) is 17.2 Å². The van der Waals surface area contributed by atoms with Gasteiger partial charge in [0.2, 0.25) is 5.91 Å². The van der Waals surface area contributed by atoms with E-state index in [-0.39, 0.29) is 5.91 Å². The zero-order chi connectivity index (χ0) is 12.4. The Labute approximate surface area is 103 Å². The van der Waals surface area contributed by atoms with Crippen LogP contribution in [0.4, 0.5) is 0 Å². The predicted octanol–water partition coefficient (Wildman–Crippen LogP) is 1.55. The molecular formula is C13H21N3O. The Hall–Kier alpha value is -1.32. The lowest BCUT2D eigenvalue weighted by atomic mass is 10.0. The molecule has 0 unspecified atom stereocenters. The summed E-state index contributed by atoms with van der Waals surface area (Å²) in [6, 6.07) is 0. The molecule has 94 valence electrons. The van der Waals surface area contributed by atoms with Crippen molar-refractivity contribution < 1.29 is 4.79 Å². The van der Waals surface area contributed by atoms with E-state index in [9.17, 15) is 4.79 Å². The molecule has 0 spiro atoms. The fourth-order valence-corrected chi connectivity index (χ4v) is 2.46. The molecule has 0 bridgehead atoms. The lowest BCUT2D eigenvalue weighted by Gasteiger charge is -2.16. The van der Waals surface area contributed by atoms with E-state index in [4.69, 9.17) is 0 Å². The Morgan fingerprint density at radius 1 is 1.35 bits per heavy atom. The second kappa shape index (κ2) is 4.90. The minimum atomic E-state index is 0.183. The van der Waals surface area contributed by atoms with E-state index in [1.165, 1.54) is 24.2 Å². The van der Waals surface area contributed by atoms with E-state index in [2.05, 4.69) is 9.55 Å². The first-order valence-corrected chi connectivity index (χ1v) is 6.34. The zero-order valence-electron chi connectivity index (χ0n) is 11.0. The first-order valence-electron chi connectivity index (χ1n) is 6.34. The lowest BCUT2D eigenvalue weighted by Crippen LogP contribution is -2.23. The van der Waals surface area contributed by atoms with E-state index in [1.54, 1.807) is 19.0 Å². The highest BCUT2D eigenvalue weighted by Crippen LogP contribution is 2.22. The molecule has 0 aliphatic heterocycles. The van der Waals surface area contributed by atoms with Crippen molar-refractivity contribution in [1.82, 2.24) is 14.5 Å². The molecule has 0 N–H and O–H groups in total. The molecule has 0 saturated carbocycles. The number of amides is 1. The van der Waals surface area contributed by atoms with Crippen LogP contribution in [0.3, 0.4) is 0 Å². The van der Waals surface area contributed by atoms with E-state index >= 15 is 0 Å². The molecule has 0 aromatic carbocycles. The molecule has 1 aromatic rings. The van der Waals surface area contributed by atoms with E-state index in [0.29, 0.717) is 6.42 Å². The molecule has 4 heteroatoms. The van der Waals surface area contributed by atoms with Gasteiger partial charge < -0.3 is 9.47 Å². The van der Waals surface area contributed by atoms with Crippen LogP contribution in [0.5, 0.6) is 0 Å². The first-order chi connectivity index (χ1) is 8.09. The predicted molar refractivity (Wildman–Crippen MR) is 66.9 cm³/mol. The molecule has 0 radical (unpaired) electrons. The Bertz CT molecular complexity index is 421. The van der Waals surface area contributed by atoms with Crippen LogP contribution < -0.4 is 0 Å². The molecule has 1 aliphatic rings. The van der Waals surface area contributed by atoms with Crippen LogP contribution in [0.25, 0.3) is 0 Å². The maximum Gasteiger partial charge on any atom is 0.223 e. The summed E-state index contributed by atoms with van der Waals surface area (Å²) in [5.74, 6) is 1.24. The summed E-state index contributed by atoms with van der Waals surface area (Å²) in [6.07, 6.45) is 5.29. The summed E-state index contributed by atoms with van der Waals surface area (Å²) >= 11 is 0. The standard InChI is InChI=1S/C13H21N3O/c1-10-14-11-6-4-5-7-12(11)16(10)9-8-13(17)15(2)3/h4-9H2,1-3H3. The third-order valence-electron chi connectivity index (χ3n) is 3.47. The van der Waals surface area contributed by atoms with Gasteiger partial charge in [-0.25, -0.2) is 4.98 Å². The largest absolute Gasteiger partial charge is 0.349 e. The van der Waals surface area contributed by atoms with Gasteiger partial charge in [-0.2, -0.15) is 0 Å². The van der Waals surface area contributed by atoms with Crippen LogP contribution in [0.2, 0.25) is 0 Å².